The number of benzene rings is 2. The van der Waals surface area contributed by atoms with Crippen LogP contribution in [0.25, 0.3) is 22.4 Å². The van der Waals surface area contributed by atoms with Crippen molar-refractivity contribution in [1.29, 1.82) is 0 Å². The Hall–Kier alpha value is -3.41. The number of hydrogen-bond acceptors (Lipinski definition) is 6. The number of para-hydroxylation sites is 1. The fourth-order valence-corrected chi connectivity index (χ4v) is 3.32. The molecule has 0 saturated heterocycles. The summed E-state index contributed by atoms with van der Waals surface area (Å²) in [4.78, 5) is 4.73. The van der Waals surface area contributed by atoms with Gasteiger partial charge in [-0.15, -0.1) is 0 Å². The number of rotatable bonds is 7. The Bertz CT molecular complexity index is 1020. The van der Waals surface area contributed by atoms with Crippen LogP contribution in [-0.4, -0.2) is 30.5 Å². The first kappa shape index (κ1) is 18.9. The van der Waals surface area contributed by atoms with E-state index in [2.05, 4.69) is 12.2 Å². The second-order valence-electron chi connectivity index (χ2n) is 6.83. The molecule has 1 aromatic heterocycles. The molecular formula is C23H24N2O4. The molecule has 3 aromatic rings. The summed E-state index contributed by atoms with van der Waals surface area (Å²) in [5, 5.41) is 13.9. The maximum absolute atomic E-state index is 10.5. The summed E-state index contributed by atoms with van der Waals surface area (Å²) in [6, 6.07) is 15.0. The highest BCUT2D eigenvalue weighted by molar-refractivity contribution is 5.81. The van der Waals surface area contributed by atoms with E-state index in [9.17, 15) is 5.11 Å². The zero-order chi connectivity index (χ0) is 20.2. The third kappa shape index (κ3) is 3.92. The van der Waals surface area contributed by atoms with Crippen LogP contribution in [0.4, 0.5) is 5.82 Å². The third-order valence-corrected chi connectivity index (χ3v) is 4.85. The topological polar surface area (TPSA) is 72.8 Å². The van der Waals surface area contributed by atoms with Gasteiger partial charge in [-0.3, -0.25) is 0 Å². The van der Waals surface area contributed by atoms with Gasteiger partial charge in [0.25, 0.3) is 0 Å². The first-order chi connectivity index (χ1) is 14.2. The monoisotopic (exact) mass is 392 g/mol. The van der Waals surface area contributed by atoms with Crippen molar-refractivity contribution in [2.24, 2.45) is 0 Å². The van der Waals surface area contributed by atoms with Crippen LogP contribution < -0.4 is 19.5 Å². The first-order valence-corrected chi connectivity index (χ1v) is 9.72. The number of fused-ring (bicyclic) bond motifs is 1. The predicted octanol–water partition coefficient (Wildman–Crippen LogP) is 5.07. The number of anilines is 1. The van der Waals surface area contributed by atoms with E-state index >= 15 is 0 Å². The number of nitrogens with zero attached hydrogens (tertiary/aromatic N) is 1. The molecule has 2 heterocycles. The van der Waals surface area contributed by atoms with Crippen LogP contribution in [0.15, 0.2) is 48.5 Å². The number of ether oxygens (including phenoxy) is 3. The third-order valence-electron chi connectivity index (χ3n) is 4.85. The second-order valence-corrected chi connectivity index (χ2v) is 6.83. The molecule has 6 nitrogen and oxygen atoms in total. The highest BCUT2D eigenvalue weighted by atomic mass is 16.7. The molecule has 0 fully saturated rings. The fraction of sp³-hybridized carbons (Fsp3) is 0.261. The number of phenolic OH excluding ortho intramolecular Hbond substituents is 1. The molecule has 1 aliphatic heterocycles. The largest absolute Gasteiger partial charge is 0.507 e. The van der Waals surface area contributed by atoms with Crippen molar-refractivity contribution >= 4 is 5.82 Å². The van der Waals surface area contributed by atoms with E-state index in [1.807, 2.05) is 42.5 Å². The molecule has 2 aromatic carbocycles. The lowest BCUT2D eigenvalue weighted by atomic mass is 10.0. The van der Waals surface area contributed by atoms with Gasteiger partial charge < -0.3 is 24.6 Å². The Morgan fingerprint density at radius 3 is 2.79 bits per heavy atom. The van der Waals surface area contributed by atoms with E-state index in [0.29, 0.717) is 17.0 Å². The van der Waals surface area contributed by atoms with Gasteiger partial charge in [0.05, 0.1) is 12.8 Å². The Morgan fingerprint density at radius 1 is 1.10 bits per heavy atom. The van der Waals surface area contributed by atoms with Crippen LogP contribution in [-0.2, 0) is 0 Å². The summed E-state index contributed by atoms with van der Waals surface area (Å²) < 4.78 is 16.4. The van der Waals surface area contributed by atoms with Crippen LogP contribution in [0.1, 0.15) is 19.8 Å². The summed E-state index contributed by atoms with van der Waals surface area (Å²) in [5.74, 6) is 2.91. The average Bonchev–Trinajstić information content (AvgIpc) is 3.22. The summed E-state index contributed by atoms with van der Waals surface area (Å²) in [6.45, 7) is 3.19. The maximum Gasteiger partial charge on any atom is 0.231 e. The molecule has 0 atom stereocenters. The van der Waals surface area contributed by atoms with Gasteiger partial charge in [0, 0.05) is 23.7 Å². The highest BCUT2D eigenvalue weighted by Gasteiger charge is 2.20. The van der Waals surface area contributed by atoms with Gasteiger partial charge in [-0.25, -0.2) is 4.98 Å². The van der Waals surface area contributed by atoms with E-state index in [-0.39, 0.29) is 12.5 Å². The number of methoxy groups -OCH3 is 1. The smallest absolute Gasteiger partial charge is 0.231 e. The molecule has 0 spiro atoms. The van der Waals surface area contributed by atoms with Crippen molar-refractivity contribution < 1.29 is 19.3 Å². The molecule has 4 rings (SSSR count). The van der Waals surface area contributed by atoms with E-state index in [1.54, 1.807) is 13.2 Å². The molecule has 29 heavy (non-hydrogen) atoms. The summed E-state index contributed by atoms with van der Waals surface area (Å²) in [6.07, 6.45) is 2.14. The quantitative estimate of drug-likeness (QED) is 0.547. The van der Waals surface area contributed by atoms with Gasteiger partial charge in [-0.1, -0.05) is 25.5 Å². The molecule has 2 N–H and O–H groups in total. The summed E-state index contributed by atoms with van der Waals surface area (Å²) >= 11 is 0. The number of phenols is 1. The number of hydrogen-bond donors (Lipinski definition) is 2. The molecule has 0 bridgehead atoms. The zero-order valence-electron chi connectivity index (χ0n) is 16.6. The van der Waals surface area contributed by atoms with Crippen LogP contribution >= 0.6 is 0 Å². The predicted molar refractivity (Wildman–Crippen MR) is 113 cm³/mol. The van der Waals surface area contributed by atoms with Gasteiger partial charge in [0.1, 0.15) is 17.3 Å². The van der Waals surface area contributed by atoms with Crippen molar-refractivity contribution in [3.05, 3.63) is 48.5 Å². The first-order valence-electron chi connectivity index (χ1n) is 9.72. The molecule has 0 amide bonds. The van der Waals surface area contributed by atoms with Crippen molar-refractivity contribution in [2.75, 3.05) is 25.8 Å². The number of unbranched alkanes of at least 4 members (excludes halogenated alkanes) is 1. The minimum Gasteiger partial charge on any atom is -0.507 e. The minimum atomic E-state index is 0.117. The molecule has 0 aliphatic carbocycles. The Morgan fingerprint density at radius 2 is 2.00 bits per heavy atom. The molecule has 150 valence electrons. The highest BCUT2D eigenvalue weighted by Crippen LogP contribution is 2.43. The standard InChI is InChI=1S/C23H24N2O4/c1-3-4-10-24-22-12-15(17-6-5-7-21-23(17)29-14-28-21)11-19(25-22)18-9-8-16(27-2)13-20(18)26/h5-9,11-13,26H,3-4,10,14H2,1-2H3,(H,24,25). The van der Waals surface area contributed by atoms with Crippen molar-refractivity contribution in [3.8, 4) is 45.4 Å². The molecule has 0 radical (unpaired) electrons. The number of aromatic hydroxyl groups is 1. The minimum absolute atomic E-state index is 0.117. The van der Waals surface area contributed by atoms with Gasteiger partial charge in [-0.05, 0) is 42.3 Å². The molecule has 0 saturated carbocycles. The molecular weight excluding hydrogens is 368 g/mol. The lowest BCUT2D eigenvalue weighted by molar-refractivity contribution is 0.174. The lowest BCUT2D eigenvalue weighted by Crippen LogP contribution is -2.04. The molecule has 1 aliphatic rings. The normalized spacial score (nSPS) is 12.1. The zero-order valence-corrected chi connectivity index (χ0v) is 16.6. The van der Waals surface area contributed by atoms with Crippen molar-refractivity contribution in [1.82, 2.24) is 4.98 Å². The van der Waals surface area contributed by atoms with Crippen molar-refractivity contribution in [3.63, 3.8) is 0 Å². The van der Waals surface area contributed by atoms with E-state index in [0.717, 1.165) is 47.8 Å². The number of nitrogens with one attached hydrogen (secondary N) is 1. The van der Waals surface area contributed by atoms with Gasteiger partial charge in [0.15, 0.2) is 11.5 Å². The fourth-order valence-electron chi connectivity index (χ4n) is 3.32. The van der Waals surface area contributed by atoms with Crippen molar-refractivity contribution in [2.45, 2.75) is 19.8 Å². The maximum atomic E-state index is 10.5. The van der Waals surface area contributed by atoms with Crippen LogP contribution in [0.3, 0.4) is 0 Å². The van der Waals surface area contributed by atoms with Gasteiger partial charge in [-0.2, -0.15) is 0 Å². The molecule has 6 heteroatoms. The summed E-state index contributed by atoms with van der Waals surface area (Å²) in [5.41, 5.74) is 3.16. The van der Waals surface area contributed by atoms with Crippen LogP contribution in [0.5, 0.6) is 23.0 Å². The second kappa shape index (κ2) is 8.31. The average molecular weight is 392 g/mol. The Kier molecular flexibility index (Phi) is 5.42. The van der Waals surface area contributed by atoms with Gasteiger partial charge in [0.2, 0.25) is 6.79 Å². The summed E-state index contributed by atoms with van der Waals surface area (Å²) in [7, 11) is 1.57. The number of aromatic nitrogens is 1. The van der Waals surface area contributed by atoms with Crippen LogP contribution in [0, 0.1) is 0 Å². The lowest BCUT2D eigenvalue weighted by Gasteiger charge is -2.13. The Labute approximate surface area is 170 Å². The Balaban J connectivity index is 1.81. The SMILES string of the molecule is CCCCNc1cc(-c2cccc3c2OCO3)cc(-c2ccc(OC)cc2O)n1. The van der Waals surface area contributed by atoms with E-state index < -0.39 is 0 Å². The molecule has 0 unspecified atom stereocenters. The van der Waals surface area contributed by atoms with E-state index in [1.165, 1.54) is 0 Å². The van der Waals surface area contributed by atoms with E-state index in [4.69, 9.17) is 19.2 Å². The number of pyridine rings is 1. The van der Waals surface area contributed by atoms with Gasteiger partial charge >= 0.3 is 0 Å². The van der Waals surface area contributed by atoms with Crippen LogP contribution in [0.2, 0.25) is 0 Å².